The van der Waals surface area contributed by atoms with E-state index in [-0.39, 0.29) is 6.10 Å². The van der Waals surface area contributed by atoms with Gasteiger partial charge in [-0.3, -0.25) is 4.79 Å². The van der Waals surface area contributed by atoms with Crippen molar-refractivity contribution in [3.8, 4) is 23.0 Å². The number of methoxy groups -OCH3 is 2. The number of para-hydroxylation sites is 1. The number of hydrogen-bond acceptors (Lipinski definition) is 5. The highest BCUT2D eigenvalue weighted by Gasteiger charge is 2.20. The summed E-state index contributed by atoms with van der Waals surface area (Å²) in [5.74, 6) is 2.04. The minimum atomic E-state index is -0.341. The molecule has 5 heteroatoms. The molecule has 5 nitrogen and oxygen atoms in total. The van der Waals surface area contributed by atoms with E-state index in [4.69, 9.17) is 18.9 Å². The Bertz CT molecular complexity index is 927. The monoisotopic (exact) mass is 392 g/mol. The second-order valence-electron chi connectivity index (χ2n) is 6.44. The van der Waals surface area contributed by atoms with E-state index in [1.165, 1.54) is 14.2 Å². The van der Waals surface area contributed by atoms with Gasteiger partial charge in [0.2, 0.25) is 5.75 Å². The Kier molecular flexibility index (Phi) is 6.74. The van der Waals surface area contributed by atoms with Crippen LogP contribution in [0.2, 0.25) is 0 Å². The molecule has 3 aromatic carbocycles. The average Bonchev–Trinajstić information content (AvgIpc) is 2.78. The molecular weight excluding hydrogens is 368 g/mol. The zero-order valence-corrected chi connectivity index (χ0v) is 16.8. The van der Waals surface area contributed by atoms with Gasteiger partial charge in [0.25, 0.3) is 0 Å². The molecule has 0 N–H and O–H groups in total. The quantitative estimate of drug-likeness (QED) is 0.467. The third kappa shape index (κ3) is 4.88. The van der Waals surface area contributed by atoms with Crippen LogP contribution in [0, 0.1) is 0 Å². The van der Waals surface area contributed by atoms with Gasteiger partial charge in [-0.1, -0.05) is 48.5 Å². The lowest BCUT2D eigenvalue weighted by Crippen LogP contribution is -2.08. The lowest BCUT2D eigenvalue weighted by Gasteiger charge is -2.21. The number of benzene rings is 3. The van der Waals surface area contributed by atoms with Gasteiger partial charge in [0.05, 0.1) is 14.2 Å². The first-order chi connectivity index (χ1) is 14.2. The Morgan fingerprint density at radius 1 is 0.862 bits per heavy atom. The van der Waals surface area contributed by atoms with E-state index in [1.54, 1.807) is 12.1 Å². The van der Waals surface area contributed by atoms with Gasteiger partial charge in [0.1, 0.15) is 24.7 Å². The van der Waals surface area contributed by atoms with Crippen molar-refractivity contribution in [3.63, 3.8) is 0 Å². The Balaban J connectivity index is 1.84. The maximum Gasteiger partial charge on any atom is 0.204 e. The van der Waals surface area contributed by atoms with Crippen molar-refractivity contribution in [1.82, 2.24) is 0 Å². The molecule has 29 heavy (non-hydrogen) atoms. The van der Waals surface area contributed by atoms with Gasteiger partial charge in [0, 0.05) is 11.1 Å². The summed E-state index contributed by atoms with van der Waals surface area (Å²) in [7, 11) is 3.05. The maximum absolute atomic E-state index is 11.2. The SMILES string of the molecule is COc1cc(C=O)cc(OC)c1OC(C)c1ccccc1OCc1ccccc1. The number of ether oxygens (including phenoxy) is 4. The van der Waals surface area contributed by atoms with Gasteiger partial charge in [-0.2, -0.15) is 0 Å². The van der Waals surface area contributed by atoms with E-state index in [1.807, 2.05) is 61.5 Å². The summed E-state index contributed by atoms with van der Waals surface area (Å²) in [6.45, 7) is 2.39. The lowest BCUT2D eigenvalue weighted by molar-refractivity contribution is 0.112. The van der Waals surface area contributed by atoms with E-state index < -0.39 is 0 Å². The predicted octanol–water partition coefficient (Wildman–Crippen LogP) is 5.24. The average molecular weight is 392 g/mol. The molecule has 0 radical (unpaired) electrons. The molecule has 0 aliphatic rings. The summed E-state index contributed by atoms with van der Waals surface area (Å²) in [6, 6.07) is 21.0. The molecule has 0 aliphatic carbocycles. The molecule has 0 saturated heterocycles. The van der Waals surface area contributed by atoms with Crippen LogP contribution in [0.5, 0.6) is 23.0 Å². The molecule has 1 unspecified atom stereocenters. The molecule has 0 aliphatic heterocycles. The Hall–Kier alpha value is -3.47. The Morgan fingerprint density at radius 2 is 1.48 bits per heavy atom. The summed E-state index contributed by atoms with van der Waals surface area (Å²) < 4.78 is 23.0. The summed E-state index contributed by atoms with van der Waals surface area (Å²) in [5, 5.41) is 0. The van der Waals surface area contributed by atoms with Crippen molar-refractivity contribution in [2.75, 3.05) is 14.2 Å². The molecule has 150 valence electrons. The van der Waals surface area contributed by atoms with Crippen LogP contribution in [0.3, 0.4) is 0 Å². The Morgan fingerprint density at radius 3 is 2.10 bits per heavy atom. The van der Waals surface area contributed by atoms with Crippen molar-refractivity contribution in [1.29, 1.82) is 0 Å². The third-order valence-corrected chi connectivity index (χ3v) is 4.51. The van der Waals surface area contributed by atoms with Gasteiger partial charge in [-0.15, -0.1) is 0 Å². The highest BCUT2D eigenvalue weighted by molar-refractivity contribution is 5.78. The van der Waals surface area contributed by atoms with Crippen LogP contribution in [-0.2, 0) is 6.61 Å². The molecule has 0 spiro atoms. The summed E-state index contributed by atoms with van der Waals surface area (Å²) in [6.07, 6.45) is 0.400. The van der Waals surface area contributed by atoms with Gasteiger partial charge in [-0.25, -0.2) is 0 Å². The van der Waals surface area contributed by atoms with Crippen LogP contribution in [0.25, 0.3) is 0 Å². The molecule has 0 heterocycles. The first kappa shape index (κ1) is 20.3. The predicted molar refractivity (Wildman–Crippen MR) is 111 cm³/mol. The third-order valence-electron chi connectivity index (χ3n) is 4.51. The molecule has 0 bridgehead atoms. The van der Waals surface area contributed by atoms with Crippen molar-refractivity contribution in [2.24, 2.45) is 0 Å². The lowest BCUT2D eigenvalue weighted by atomic mass is 10.1. The van der Waals surface area contributed by atoms with E-state index in [2.05, 4.69) is 0 Å². The van der Waals surface area contributed by atoms with Crippen molar-refractivity contribution in [2.45, 2.75) is 19.6 Å². The van der Waals surface area contributed by atoms with E-state index in [0.717, 1.165) is 23.2 Å². The summed E-state index contributed by atoms with van der Waals surface area (Å²) in [4.78, 5) is 11.2. The second kappa shape index (κ2) is 9.64. The normalized spacial score (nSPS) is 11.4. The fourth-order valence-corrected chi connectivity index (χ4v) is 3.01. The van der Waals surface area contributed by atoms with Crippen LogP contribution in [0.15, 0.2) is 66.7 Å². The molecular formula is C24H24O5. The number of hydrogen-bond donors (Lipinski definition) is 0. The minimum Gasteiger partial charge on any atom is -0.493 e. The van der Waals surface area contributed by atoms with Crippen LogP contribution >= 0.6 is 0 Å². The largest absolute Gasteiger partial charge is 0.493 e. The van der Waals surface area contributed by atoms with Crippen LogP contribution in [-0.4, -0.2) is 20.5 Å². The van der Waals surface area contributed by atoms with Gasteiger partial charge in [-0.05, 0) is 30.7 Å². The van der Waals surface area contributed by atoms with Gasteiger partial charge in [0.15, 0.2) is 11.5 Å². The van der Waals surface area contributed by atoms with Crippen LogP contribution in [0.4, 0.5) is 0 Å². The molecule has 0 amide bonds. The zero-order valence-electron chi connectivity index (χ0n) is 16.8. The number of carbonyl (C=O) groups excluding carboxylic acids is 1. The van der Waals surface area contributed by atoms with Gasteiger partial charge >= 0.3 is 0 Å². The van der Waals surface area contributed by atoms with Crippen LogP contribution in [0.1, 0.15) is 34.5 Å². The zero-order chi connectivity index (χ0) is 20.6. The van der Waals surface area contributed by atoms with Crippen molar-refractivity contribution >= 4 is 6.29 Å². The topological polar surface area (TPSA) is 54.0 Å². The number of carbonyl (C=O) groups is 1. The minimum absolute atomic E-state index is 0.341. The number of rotatable bonds is 9. The smallest absolute Gasteiger partial charge is 0.204 e. The van der Waals surface area contributed by atoms with E-state index in [0.29, 0.717) is 29.4 Å². The fraction of sp³-hybridized carbons (Fsp3) is 0.208. The van der Waals surface area contributed by atoms with Gasteiger partial charge < -0.3 is 18.9 Å². The van der Waals surface area contributed by atoms with E-state index in [9.17, 15) is 4.79 Å². The molecule has 3 rings (SSSR count). The van der Waals surface area contributed by atoms with Crippen molar-refractivity contribution in [3.05, 3.63) is 83.4 Å². The Labute approximate surface area is 170 Å². The highest BCUT2D eigenvalue weighted by atomic mass is 16.5. The molecule has 0 fully saturated rings. The molecule has 1 atom stereocenters. The first-order valence-corrected chi connectivity index (χ1v) is 9.29. The van der Waals surface area contributed by atoms with E-state index >= 15 is 0 Å². The highest BCUT2D eigenvalue weighted by Crippen LogP contribution is 2.41. The molecule has 0 aromatic heterocycles. The maximum atomic E-state index is 11.2. The van der Waals surface area contributed by atoms with Crippen molar-refractivity contribution < 1.29 is 23.7 Å². The second-order valence-corrected chi connectivity index (χ2v) is 6.44. The molecule has 3 aromatic rings. The summed E-state index contributed by atoms with van der Waals surface area (Å²) in [5.41, 5.74) is 2.43. The fourth-order valence-electron chi connectivity index (χ4n) is 3.01. The molecule has 0 saturated carbocycles. The van der Waals surface area contributed by atoms with Crippen LogP contribution < -0.4 is 18.9 Å². The number of aldehydes is 1. The first-order valence-electron chi connectivity index (χ1n) is 9.29. The summed E-state index contributed by atoms with van der Waals surface area (Å²) >= 11 is 0. The standard InChI is InChI=1S/C24H24O5/c1-17(29-24-22(26-2)13-19(15-25)14-23(24)27-3)20-11-7-8-12-21(20)28-16-18-9-5-4-6-10-18/h4-15,17H,16H2,1-3H3.